The molecule has 1 aliphatic carbocycles. The van der Waals surface area contributed by atoms with Gasteiger partial charge in [0.05, 0.1) is 17.5 Å². The van der Waals surface area contributed by atoms with Crippen LogP contribution in [0.5, 0.6) is 0 Å². The van der Waals surface area contributed by atoms with Crippen molar-refractivity contribution in [1.29, 1.82) is 0 Å². The molecule has 24 heavy (non-hydrogen) atoms. The van der Waals surface area contributed by atoms with Crippen LogP contribution in [0.25, 0.3) is 10.2 Å². The van der Waals surface area contributed by atoms with E-state index in [2.05, 4.69) is 36.5 Å². The number of fused-ring (bicyclic) bond motifs is 2. The fraction of sp³-hybridized carbons (Fsp3) is 0.588. The molecule has 1 N–H and O–H groups in total. The second kappa shape index (κ2) is 5.88. The molecular formula is C17H22N6S. The van der Waals surface area contributed by atoms with Gasteiger partial charge in [0, 0.05) is 26.2 Å². The fourth-order valence-electron chi connectivity index (χ4n) is 4.13. The van der Waals surface area contributed by atoms with Crippen LogP contribution in [0.1, 0.15) is 25.7 Å². The molecule has 2 aromatic heterocycles. The van der Waals surface area contributed by atoms with Crippen molar-refractivity contribution in [3.05, 3.63) is 17.8 Å². The van der Waals surface area contributed by atoms with Gasteiger partial charge in [-0.25, -0.2) is 15.0 Å². The van der Waals surface area contributed by atoms with Crippen molar-refractivity contribution >= 4 is 33.3 Å². The molecule has 2 aromatic rings. The number of aliphatic imine (C=N–C) groups is 1. The number of aromatic nitrogens is 2. The van der Waals surface area contributed by atoms with Gasteiger partial charge in [0.2, 0.25) is 0 Å². The van der Waals surface area contributed by atoms with E-state index in [1.807, 2.05) is 0 Å². The van der Waals surface area contributed by atoms with E-state index in [4.69, 9.17) is 4.99 Å². The van der Waals surface area contributed by atoms with Gasteiger partial charge in [0.15, 0.2) is 5.96 Å². The van der Waals surface area contributed by atoms with Crippen LogP contribution in [0.15, 0.2) is 22.8 Å². The summed E-state index contributed by atoms with van der Waals surface area (Å²) in [5.74, 6) is 2.21. The summed E-state index contributed by atoms with van der Waals surface area (Å²) in [6, 6.07) is 3.23. The number of rotatable bonds is 1. The summed E-state index contributed by atoms with van der Waals surface area (Å²) < 4.78 is 0. The van der Waals surface area contributed by atoms with E-state index in [1.54, 1.807) is 17.7 Å². The first-order chi connectivity index (χ1) is 11.9. The molecule has 3 aliphatic rings. The monoisotopic (exact) mass is 342 g/mol. The average Bonchev–Trinajstić information content (AvgIpc) is 3.28. The van der Waals surface area contributed by atoms with Gasteiger partial charge in [-0.15, -0.1) is 11.3 Å². The summed E-state index contributed by atoms with van der Waals surface area (Å²) in [5, 5.41) is 6.95. The van der Waals surface area contributed by atoms with E-state index >= 15 is 0 Å². The third-order valence-corrected chi connectivity index (χ3v) is 6.27. The number of piperazine rings is 1. The standard InChI is InChI=1S/C17H22N6S/c1-2-4-14-13(3-1)20-17(21-14)23-8-6-22(7-9-23)15-12-5-10-24-16(12)19-11-18-15/h5,10-11,13-14H,1-4,6-9H2,(H,20,21). The van der Waals surface area contributed by atoms with Crippen molar-refractivity contribution in [1.82, 2.24) is 20.2 Å². The maximum atomic E-state index is 4.96. The summed E-state index contributed by atoms with van der Waals surface area (Å²) in [6.45, 7) is 3.97. The van der Waals surface area contributed by atoms with E-state index in [9.17, 15) is 0 Å². The quantitative estimate of drug-likeness (QED) is 0.860. The van der Waals surface area contributed by atoms with Crippen molar-refractivity contribution in [2.75, 3.05) is 31.1 Å². The number of nitrogens with one attached hydrogen (secondary N) is 1. The van der Waals surface area contributed by atoms with Crippen LogP contribution in [-0.2, 0) is 0 Å². The minimum absolute atomic E-state index is 0.513. The minimum Gasteiger partial charge on any atom is -0.352 e. The number of thiophene rings is 1. The fourth-order valence-corrected chi connectivity index (χ4v) is 4.85. The Hall–Kier alpha value is -1.89. The molecule has 2 aliphatic heterocycles. The predicted octanol–water partition coefficient (Wildman–Crippen LogP) is 2.08. The highest BCUT2D eigenvalue weighted by Crippen LogP contribution is 2.28. The van der Waals surface area contributed by atoms with Crippen LogP contribution in [-0.4, -0.2) is 59.1 Å². The molecule has 126 valence electrons. The first-order valence-corrected chi connectivity index (χ1v) is 9.79. The average molecular weight is 342 g/mol. The first-order valence-electron chi connectivity index (χ1n) is 8.91. The van der Waals surface area contributed by atoms with Gasteiger partial charge < -0.3 is 15.1 Å². The third kappa shape index (κ3) is 2.42. The van der Waals surface area contributed by atoms with Gasteiger partial charge in [-0.1, -0.05) is 12.8 Å². The van der Waals surface area contributed by atoms with Crippen LogP contribution in [0.4, 0.5) is 5.82 Å². The SMILES string of the molecule is c1nc(N2CCN(C3=NC4CCCCC4N3)CC2)c2ccsc2n1. The molecule has 0 radical (unpaired) electrons. The lowest BCUT2D eigenvalue weighted by atomic mass is 9.92. The van der Waals surface area contributed by atoms with Gasteiger partial charge in [-0.2, -0.15) is 0 Å². The molecular weight excluding hydrogens is 320 g/mol. The lowest BCUT2D eigenvalue weighted by Gasteiger charge is -2.36. The normalized spacial score (nSPS) is 27.1. The smallest absolute Gasteiger partial charge is 0.194 e. The number of nitrogens with zero attached hydrogens (tertiary/aromatic N) is 5. The van der Waals surface area contributed by atoms with Crippen LogP contribution in [0.2, 0.25) is 0 Å². The Morgan fingerprint density at radius 3 is 2.75 bits per heavy atom. The van der Waals surface area contributed by atoms with Crippen LogP contribution >= 0.6 is 11.3 Å². The molecule has 0 bridgehead atoms. The minimum atomic E-state index is 0.513. The Labute approximate surface area is 145 Å². The van der Waals surface area contributed by atoms with E-state index in [1.165, 1.54) is 31.1 Å². The molecule has 4 heterocycles. The largest absolute Gasteiger partial charge is 0.352 e. The van der Waals surface area contributed by atoms with Crippen molar-refractivity contribution in [2.45, 2.75) is 37.8 Å². The molecule has 1 saturated carbocycles. The van der Waals surface area contributed by atoms with Gasteiger partial charge in [0.1, 0.15) is 17.0 Å². The van der Waals surface area contributed by atoms with Crippen molar-refractivity contribution in [2.24, 2.45) is 4.99 Å². The molecule has 2 fully saturated rings. The molecule has 0 spiro atoms. The molecule has 6 nitrogen and oxygen atoms in total. The summed E-state index contributed by atoms with van der Waals surface area (Å²) in [7, 11) is 0. The van der Waals surface area contributed by atoms with Gasteiger partial charge >= 0.3 is 0 Å². The van der Waals surface area contributed by atoms with Crippen LogP contribution < -0.4 is 10.2 Å². The molecule has 0 aromatic carbocycles. The zero-order chi connectivity index (χ0) is 15.9. The molecule has 2 unspecified atom stereocenters. The Bertz CT molecular complexity index is 763. The number of hydrogen-bond donors (Lipinski definition) is 1. The highest BCUT2D eigenvalue weighted by molar-refractivity contribution is 7.16. The molecule has 0 amide bonds. The maximum Gasteiger partial charge on any atom is 0.194 e. The zero-order valence-corrected chi connectivity index (χ0v) is 14.5. The number of anilines is 1. The van der Waals surface area contributed by atoms with Gasteiger partial charge in [-0.3, -0.25) is 0 Å². The molecule has 1 saturated heterocycles. The lowest BCUT2D eigenvalue weighted by molar-refractivity contribution is 0.362. The summed E-state index contributed by atoms with van der Waals surface area (Å²) in [5.41, 5.74) is 0. The highest BCUT2D eigenvalue weighted by atomic mass is 32.1. The van der Waals surface area contributed by atoms with Crippen molar-refractivity contribution < 1.29 is 0 Å². The van der Waals surface area contributed by atoms with Crippen molar-refractivity contribution in [3.63, 3.8) is 0 Å². The topological polar surface area (TPSA) is 56.7 Å². The predicted molar refractivity (Wildman–Crippen MR) is 97.8 cm³/mol. The lowest BCUT2D eigenvalue weighted by Crippen LogP contribution is -2.53. The Morgan fingerprint density at radius 1 is 1.04 bits per heavy atom. The molecule has 5 rings (SSSR count). The molecule has 7 heteroatoms. The van der Waals surface area contributed by atoms with E-state index < -0.39 is 0 Å². The summed E-state index contributed by atoms with van der Waals surface area (Å²) in [4.78, 5) is 19.7. The first kappa shape index (κ1) is 14.5. The Balaban J connectivity index is 1.29. The van der Waals surface area contributed by atoms with Gasteiger partial charge in [0.25, 0.3) is 0 Å². The number of hydrogen-bond acceptors (Lipinski definition) is 7. The summed E-state index contributed by atoms with van der Waals surface area (Å²) >= 11 is 1.68. The Morgan fingerprint density at radius 2 is 1.88 bits per heavy atom. The van der Waals surface area contributed by atoms with E-state index in [-0.39, 0.29) is 0 Å². The number of guanidine groups is 1. The Kier molecular flexibility index (Phi) is 3.54. The van der Waals surface area contributed by atoms with Crippen molar-refractivity contribution in [3.8, 4) is 0 Å². The summed E-state index contributed by atoms with van der Waals surface area (Å²) in [6.07, 6.45) is 6.88. The van der Waals surface area contributed by atoms with E-state index in [0.717, 1.165) is 42.8 Å². The molecule has 2 atom stereocenters. The van der Waals surface area contributed by atoms with Gasteiger partial charge in [-0.05, 0) is 24.3 Å². The van der Waals surface area contributed by atoms with Crippen LogP contribution in [0, 0.1) is 0 Å². The van der Waals surface area contributed by atoms with E-state index in [0.29, 0.717) is 12.1 Å². The highest BCUT2D eigenvalue weighted by Gasteiger charge is 2.33. The maximum absolute atomic E-state index is 4.96. The zero-order valence-electron chi connectivity index (χ0n) is 13.7. The second-order valence-corrected chi connectivity index (χ2v) is 7.76. The third-order valence-electron chi connectivity index (χ3n) is 5.45. The van der Waals surface area contributed by atoms with Crippen LogP contribution in [0.3, 0.4) is 0 Å². The second-order valence-electron chi connectivity index (χ2n) is 6.87.